The number of hydrogen-bond donors (Lipinski definition) is 1. The Labute approximate surface area is 124 Å². The monoisotopic (exact) mass is 335 g/mol. The lowest BCUT2D eigenvalue weighted by atomic mass is 10.1. The molecule has 0 fully saturated rings. The van der Waals surface area contributed by atoms with Crippen LogP contribution in [0.15, 0.2) is 41.8 Å². The molecule has 0 aliphatic carbocycles. The van der Waals surface area contributed by atoms with Gasteiger partial charge in [0.2, 0.25) is 10.0 Å². The van der Waals surface area contributed by atoms with Crippen molar-refractivity contribution in [1.29, 1.82) is 0 Å². The first-order valence-electron chi connectivity index (χ1n) is 5.92. The first-order chi connectivity index (χ1) is 9.76. The van der Waals surface area contributed by atoms with Crippen LogP contribution in [0.3, 0.4) is 0 Å². The van der Waals surface area contributed by atoms with Gasteiger partial charge in [0, 0.05) is 11.4 Å². The minimum atomic E-state index is -4.48. The molecule has 1 aromatic carbocycles. The normalized spacial score (nSPS) is 12.5. The fourth-order valence-electron chi connectivity index (χ4n) is 1.70. The predicted octanol–water partition coefficient (Wildman–Crippen LogP) is 3.39. The van der Waals surface area contributed by atoms with E-state index >= 15 is 0 Å². The molecule has 0 saturated heterocycles. The Balaban J connectivity index is 2.06. The molecule has 8 heteroatoms. The summed E-state index contributed by atoms with van der Waals surface area (Å²) in [5.74, 6) is -0.484. The molecular weight excluding hydrogens is 323 g/mol. The SMILES string of the molecule is O=S(=O)(Cc1cccc(C(F)(F)F)c1)NCc1cccs1. The second-order valence-corrected chi connectivity index (χ2v) is 7.20. The van der Waals surface area contributed by atoms with Crippen molar-refractivity contribution in [2.45, 2.75) is 18.5 Å². The van der Waals surface area contributed by atoms with E-state index in [2.05, 4.69) is 4.72 Å². The van der Waals surface area contributed by atoms with E-state index in [-0.39, 0.29) is 12.1 Å². The molecule has 0 bridgehead atoms. The largest absolute Gasteiger partial charge is 0.416 e. The van der Waals surface area contributed by atoms with Crippen molar-refractivity contribution >= 4 is 21.4 Å². The average molecular weight is 335 g/mol. The van der Waals surface area contributed by atoms with Crippen LogP contribution in [0.4, 0.5) is 13.2 Å². The highest BCUT2D eigenvalue weighted by atomic mass is 32.2. The molecule has 0 atom stereocenters. The Morgan fingerprint density at radius 2 is 1.90 bits per heavy atom. The zero-order valence-corrected chi connectivity index (χ0v) is 12.4. The lowest BCUT2D eigenvalue weighted by Crippen LogP contribution is -2.24. The molecule has 0 saturated carbocycles. The third-order valence-electron chi connectivity index (χ3n) is 2.66. The van der Waals surface area contributed by atoms with Gasteiger partial charge in [-0.15, -0.1) is 11.3 Å². The van der Waals surface area contributed by atoms with Crippen LogP contribution >= 0.6 is 11.3 Å². The van der Waals surface area contributed by atoms with Gasteiger partial charge in [0.25, 0.3) is 0 Å². The van der Waals surface area contributed by atoms with Crippen molar-refractivity contribution in [2.75, 3.05) is 0 Å². The molecule has 1 heterocycles. The molecule has 0 spiro atoms. The van der Waals surface area contributed by atoms with Gasteiger partial charge < -0.3 is 0 Å². The standard InChI is InChI=1S/C13H12F3NO2S2/c14-13(15,16)11-4-1-3-10(7-11)9-21(18,19)17-8-12-5-2-6-20-12/h1-7,17H,8-9H2. The Morgan fingerprint density at radius 1 is 1.14 bits per heavy atom. The fraction of sp³-hybridized carbons (Fsp3) is 0.231. The number of rotatable bonds is 5. The van der Waals surface area contributed by atoms with Crippen LogP contribution in [-0.2, 0) is 28.5 Å². The molecule has 2 rings (SSSR count). The van der Waals surface area contributed by atoms with E-state index in [1.165, 1.54) is 23.5 Å². The van der Waals surface area contributed by atoms with Crippen LogP contribution in [-0.4, -0.2) is 8.42 Å². The molecule has 21 heavy (non-hydrogen) atoms. The summed E-state index contributed by atoms with van der Waals surface area (Å²) >= 11 is 1.40. The third kappa shape index (κ3) is 4.83. The van der Waals surface area contributed by atoms with E-state index in [0.717, 1.165) is 17.0 Å². The number of nitrogens with one attached hydrogen (secondary N) is 1. The Morgan fingerprint density at radius 3 is 2.52 bits per heavy atom. The second-order valence-electron chi connectivity index (χ2n) is 4.36. The highest BCUT2D eigenvalue weighted by molar-refractivity contribution is 7.88. The van der Waals surface area contributed by atoms with E-state index < -0.39 is 27.5 Å². The van der Waals surface area contributed by atoms with E-state index in [9.17, 15) is 21.6 Å². The maximum Gasteiger partial charge on any atom is 0.416 e. The number of hydrogen-bond acceptors (Lipinski definition) is 3. The lowest BCUT2D eigenvalue weighted by molar-refractivity contribution is -0.137. The summed E-state index contributed by atoms with van der Waals surface area (Å²) in [5, 5.41) is 1.82. The molecule has 0 radical (unpaired) electrons. The molecule has 0 amide bonds. The van der Waals surface area contributed by atoms with Gasteiger partial charge in [-0.05, 0) is 23.1 Å². The van der Waals surface area contributed by atoms with E-state index in [0.29, 0.717) is 0 Å². The highest BCUT2D eigenvalue weighted by Gasteiger charge is 2.30. The molecule has 0 aliphatic heterocycles. The maximum atomic E-state index is 12.6. The molecular formula is C13H12F3NO2S2. The topological polar surface area (TPSA) is 46.2 Å². The number of benzene rings is 1. The van der Waals surface area contributed by atoms with E-state index in [1.807, 2.05) is 5.38 Å². The zero-order valence-electron chi connectivity index (χ0n) is 10.7. The molecule has 1 aromatic heterocycles. The van der Waals surface area contributed by atoms with Crippen LogP contribution in [0, 0.1) is 0 Å². The molecule has 0 aliphatic rings. The van der Waals surface area contributed by atoms with Crippen molar-refractivity contribution in [2.24, 2.45) is 0 Å². The Hall–Kier alpha value is -1.38. The van der Waals surface area contributed by atoms with Crippen LogP contribution in [0.2, 0.25) is 0 Å². The highest BCUT2D eigenvalue weighted by Crippen LogP contribution is 2.29. The van der Waals surface area contributed by atoms with Crippen LogP contribution in [0.1, 0.15) is 16.0 Å². The number of sulfonamides is 1. The van der Waals surface area contributed by atoms with Gasteiger partial charge in [-0.1, -0.05) is 24.3 Å². The predicted molar refractivity (Wildman–Crippen MR) is 75.2 cm³/mol. The molecule has 3 nitrogen and oxygen atoms in total. The van der Waals surface area contributed by atoms with E-state index in [4.69, 9.17) is 0 Å². The van der Waals surface area contributed by atoms with Gasteiger partial charge in [-0.25, -0.2) is 13.1 Å². The minimum Gasteiger partial charge on any atom is -0.212 e. The van der Waals surface area contributed by atoms with Crippen LogP contribution in [0.5, 0.6) is 0 Å². The Kier molecular flexibility index (Phi) is 4.70. The van der Waals surface area contributed by atoms with Crippen LogP contribution in [0.25, 0.3) is 0 Å². The molecule has 2 aromatic rings. The first kappa shape index (κ1) is 16.0. The van der Waals surface area contributed by atoms with Gasteiger partial charge in [-0.2, -0.15) is 13.2 Å². The smallest absolute Gasteiger partial charge is 0.212 e. The van der Waals surface area contributed by atoms with Crippen molar-refractivity contribution in [1.82, 2.24) is 4.72 Å². The third-order valence-corrected chi connectivity index (χ3v) is 4.83. The molecule has 114 valence electrons. The van der Waals surface area contributed by atoms with Gasteiger partial charge in [-0.3, -0.25) is 0 Å². The summed E-state index contributed by atoms with van der Waals surface area (Å²) in [6.45, 7) is 0.138. The van der Waals surface area contributed by atoms with Crippen molar-refractivity contribution in [3.63, 3.8) is 0 Å². The number of thiophene rings is 1. The van der Waals surface area contributed by atoms with Crippen LogP contribution < -0.4 is 4.72 Å². The average Bonchev–Trinajstić information content (AvgIpc) is 2.88. The van der Waals surface area contributed by atoms with E-state index in [1.54, 1.807) is 12.1 Å². The second kappa shape index (κ2) is 6.17. The summed E-state index contributed by atoms with van der Waals surface area (Å²) in [4.78, 5) is 0.836. The number of halogens is 3. The summed E-state index contributed by atoms with van der Waals surface area (Å²) < 4.78 is 63.8. The van der Waals surface area contributed by atoms with Crippen molar-refractivity contribution in [3.8, 4) is 0 Å². The van der Waals surface area contributed by atoms with Gasteiger partial charge in [0.15, 0.2) is 0 Å². The fourth-order valence-corrected chi connectivity index (χ4v) is 3.53. The van der Waals surface area contributed by atoms with Crippen molar-refractivity contribution in [3.05, 3.63) is 57.8 Å². The van der Waals surface area contributed by atoms with Gasteiger partial charge in [0.1, 0.15) is 0 Å². The van der Waals surface area contributed by atoms with Gasteiger partial charge in [0.05, 0.1) is 11.3 Å². The lowest BCUT2D eigenvalue weighted by Gasteiger charge is -2.09. The first-order valence-corrected chi connectivity index (χ1v) is 8.45. The summed E-state index contributed by atoms with van der Waals surface area (Å²) in [6.07, 6.45) is -4.48. The number of alkyl halides is 3. The quantitative estimate of drug-likeness (QED) is 0.910. The zero-order chi connectivity index (χ0) is 15.5. The minimum absolute atomic E-state index is 0.100. The summed E-state index contributed by atoms with van der Waals surface area (Å²) in [7, 11) is -3.68. The summed E-state index contributed by atoms with van der Waals surface area (Å²) in [5.41, 5.74) is -0.753. The van der Waals surface area contributed by atoms with Gasteiger partial charge >= 0.3 is 6.18 Å². The maximum absolute atomic E-state index is 12.6. The molecule has 1 N–H and O–H groups in total. The molecule has 0 unspecified atom stereocenters. The van der Waals surface area contributed by atoms with Crippen molar-refractivity contribution < 1.29 is 21.6 Å². The summed E-state index contributed by atoms with van der Waals surface area (Å²) in [6, 6.07) is 7.89. The Bertz CT molecular complexity index is 694.